The number of aryl methyl sites for hydroxylation is 3. The minimum absolute atomic E-state index is 0.00863. The summed E-state index contributed by atoms with van der Waals surface area (Å²) < 4.78 is 51.2. The second-order valence-corrected chi connectivity index (χ2v) is 7.32. The van der Waals surface area contributed by atoms with Crippen LogP contribution in [-0.2, 0) is 24.2 Å². The maximum absolute atomic E-state index is 12.2. The van der Waals surface area contributed by atoms with Crippen LogP contribution in [-0.4, -0.2) is 29.8 Å². The van der Waals surface area contributed by atoms with E-state index >= 15 is 0 Å². The molecule has 8 nitrogen and oxygen atoms in total. The number of nitrogens with two attached hydrogens (primary N) is 1. The molecule has 0 aliphatic heterocycles. The molecule has 0 radical (unpaired) electrons. The number of primary amides is 1. The molecule has 34 heavy (non-hydrogen) atoms. The van der Waals surface area contributed by atoms with Crippen molar-refractivity contribution in [1.82, 2.24) is 10.3 Å². The molecule has 0 spiro atoms. The predicted molar refractivity (Wildman–Crippen MR) is 114 cm³/mol. The quantitative estimate of drug-likeness (QED) is 0.462. The van der Waals surface area contributed by atoms with Gasteiger partial charge in [-0.1, -0.05) is 29.8 Å². The summed E-state index contributed by atoms with van der Waals surface area (Å²) in [6.45, 7) is 1.48. The molecule has 0 unspecified atom stereocenters. The molecule has 0 fully saturated rings. The predicted octanol–water partition coefficient (Wildman–Crippen LogP) is 3.46. The lowest BCUT2D eigenvalue weighted by atomic mass is 10.1. The zero-order valence-corrected chi connectivity index (χ0v) is 18.1. The van der Waals surface area contributed by atoms with Crippen LogP contribution in [0.5, 0.6) is 11.5 Å². The van der Waals surface area contributed by atoms with Gasteiger partial charge in [-0.05, 0) is 43.2 Å². The summed E-state index contributed by atoms with van der Waals surface area (Å²) in [6.07, 6.45) is -3.78. The van der Waals surface area contributed by atoms with Gasteiger partial charge in [0.15, 0.2) is 12.3 Å². The summed E-state index contributed by atoms with van der Waals surface area (Å²) in [7, 11) is 0. The van der Waals surface area contributed by atoms with Gasteiger partial charge in [-0.2, -0.15) is 0 Å². The molecule has 0 saturated carbocycles. The van der Waals surface area contributed by atoms with Gasteiger partial charge in [0, 0.05) is 6.42 Å². The third kappa shape index (κ3) is 7.54. The second kappa shape index (κ2) is 10.7. The smallest absolute Gasteiger partial charge is 0.484 e. The lowest BCUT2D eigenvalue weighted by Gasteiger charge is -2.10. The number of nitrogens with one attached hydrogen (secondary N) is 1. The highest BCUT2D eigenvalue weighted by Gasteiger charge is 2.31. The van der Waals surface area contributed by atoms with Gasteiger partial charge in [-0.25, -0.2) is 4.98 Å². The van der Waals surface area contributed by atoms with Crippen molar-refractivity contribution in [3.63, 3.8) is 0 Å². The third-order valence-corrected chi connectivity index (χ3v) is 4.56. The van der Waals surface area contributed by atoms with Crippen molar-refractivity contribution in [1.29, 1.82) is 0 Å². The molecule has 0 atom stereocenters. The van der Waals surface area contributed by atoms with Gasteiger partial charge in [0.05, 0.1) is 6.54 Å². The van der Waals surface area contributed by atoms with Crippen molar-refractivity contribution in [3.8, 4) is 11.5 Å². The summed E-state index contributed by atoms with van der Waals surface area (Å²) in [5.74, 6) is -1.06. The molecule has 1 aromatic heterocycles. The van der Waals surface area contributed by atoms with E-state index < -0.39 is 30.5 Å². The average Bonchev–Trinajstić information content (AvgIpc) is 3.18. The van der Waals surface area contributed by atoms with Crippen LogP contribution in [0.4, 0.5) is 13.2 Å². The maximum Gasteiger partial charge on any atom is 0.573 e. The van der Waals surface area contributed by atoms with Gasteiger partial charge < -0.3 is 24.9 Å². The summed E-state index contributed by atoms with van der Waals surface area (Å²) in [6, 6.07) is 12.5. The summed E-state index contributed by atoms with van der Waals surface area (Å²) in [4.78, 5) is 27.8. The molecule has 0 saturated heterocycles. The molecule has 2 amide bonds. The van der Waals surface area contributed by atoms with Gasteiger partial charge in [0.25, 0.3) is 11.8 Å². The highest BCUT2D eigenvalue weighted by atomic mass is 19.4. The fourth-order valence-corrected chi connectivity index (χ4v) is 3.08. The monoisotopic (exact) mass is 477 g/mol. The number of carbonyl (C=O) groups excluding carboxylic acids is 2. The van der Waals surface area contributed by atoms with Gasteiger partial charge in [0.1, 0.15) is 17.3 Å². The van der Waals surface area contributed by atoms with E-state index in [0.29, 0.717) is 18.6 Å². The first-order chi connectivity index (χ1) is 16.1. The van der Waals surface area contributed by atoms with Crippen molar-refractivity contribution >= 4 is 11.8 Å². The van der Waals surface area contributed by atoms with Gasteiger partial charge in [0.2, 0.25) is 5.89 Å². The number of halogens is 3. The fourth-order valence-electron chi connectivity index (χ4n) is 3.08. The molecule has 0 aliphatic carbocycles. The fraction of sp³-hybridized carbons (Fsp3) is 0.261. The van der Waals surface area contributed by atoms with Crippen LogP contribution in [0, 0.1) is 6.92 Å². The SMILES string of the molecule is Cc1cccc(CCc2oc(CNC(=O)COc3ccc(OC(F)(F)F)cc3)nc2C(N)=O)c1. The Kier molecular flexibility index (Phi) is 7.77. The summed E-state index contributed by atoms with van der Waals surface area (Å²) in [5.41, 5.74) is 7.58. The van der Waals surface area contributed by atoms with Crippen LogP contribution in [0.2, 0.25) is 0 Å². The van der Waals surface area contributed by atoms with Crippen molar-refractivity contribution in [2.75, 3.05) is 6.61 Å². The molecule has 3 rings (SSSR count). The minimum atomic E-state index is -4.79. The number of benzene rings is 2. The van der Waals surface area contributed by atoms with Crippen molar-refractivity contribution < 1.29 is 36.7 Å². The number of aromatic nitrogens is 1. The number of rotatable bonds is 10. The van der Waals surface area contributed by atoms with Crippen LogP contribution in [0.1, 0.15) is 33.3 Å². The zero-order chi connectivity index (χ0) is 24.7. The van der Waals surface area contributed by atoms with E-state index in [1.165, 1.54) is 12.1 Å². The summed E-state index contributed by atoms with van der Waals surface area (Å²) >= 11 is 0. The standard InChI is InChI=1S/C23H22F3N3O5/c1-14-3-2-4-15(11-14)5-10-18-21(22(27)31)29-20(33-18)12-28-19(30)13-32-16-6-8-17(9-7-16)34-23(24,25)26/h2-4,6-9,11H,5,10,12-13H2,1H3,(H2,27,31)(H,28,30). The van der Waals surface area contributed by atoms with Crippen molar-refractivity contribution in [2.24, 2.45) is 5.73 Å². The number of amides is 2. The first kappa shape index (κ1) is 24.6. The highest BCUT2D eigenvalue weighted by Crippen LogP contribution is 2.24. The van der Waals surface area contributed by atoms with Crippen LogP contribution < -0.4 is 20.5 Å². The number of carbonyl (C=O) groups is 2. The van der Waals surface area contributed by atoms with E-state index in [0.717, 1.165) is 23.3 Å². The van der Waals surface area contributed by atoms with E-state index in [1.807, 2.05) is 31.2 Å². The molecule has 3 aromatic rings. The van der Waals surface area contributed by atoms with Gasteiger partial charge >= 0.3 is 6.36 Å². The number of ether oxygens (including phenoxy) is 2. The minimum Gasteiger partial charge on any atom is -0.484 e. The van der Waals surface area contributed by atoms with Gasteiger partial charge in [-0.15, -0.1) is 13.2 Å². The average molecular weight is 477 g/mol. The van der Waals surface area contributed by atoms with E-state index in [4.69, 9.17) is 14.9 Å². The number of hydrogen-bond acceptors (Lipinski definition) is 6. The van der Waals surface area contributed by atoms with Crippen LogP contribution in [0.25, 0.3) is 0 Å². The molecule has 3 N–H and O–H groups in total. The molecule has 0 aliphatic rings. The lowest BCUT2D eigenvalue weighted by molar-refractivity contribution is -0.274. The first-order valence-corrected chi connectivity index (χ1v) is 10.2. The molecule has 0 bridgehead atoms. The topological polar surface area (TPSA) is 117 Å². The van der Waals surface area contributed by atoms with E-state index in [-0.39, 0.29) is 23.9 Å². The summed E-state index contributed by atoms with van der Waals surface area (Å²) in [5, 5.41) is 2.53. The zero-order valence-electron chi connectivity index (χ0n) is 18.1. The molecular formula is C23H22F3N3O5. The van der Waals surface area contributed by atoms with E-state index in [9.17, 15) is 22.8 Å². The lowest BCUT2D eigenvalue weighted by Crippen LogP contribution is -2.28. The Morgan fingerprint density at radius 3 is 2.44 bits per heavy atom. The Hall–Kier alpha value is -4.02. The largest absolute Gasteiger partial charge is 0.573 e. The van der Waals surface area contributed by atoms with Crippen molar-refractivity contribution in [3.05, 3.63) is 77.0 Å². The Morgan fingerprint density at radius 1 is 1.09 bits per heavy atom. The first-order valence-electron chi connectivity index (χ1n) is 10.2. The molecule has 2 aromatic carbocycles. The molecule has 1 heterocycles. The third-order valence-electron chi connectivity index (χ3n) is 4.56. The maximum atomic E-state index is 12.2. The Bertz CT molecular complexity index is 1140. The van der Waals surface area contributed by atoms with Crippen LogP contribution in [0.15, 0.2) is 52.9 Å². The molecule has 180 valence electrons. The highest BCUT2D eigenvalue weighted by molar-refractivity contribution is 5.91. The van der Waals surface area contributed by atoms with E-state index in [1.54, 1.807) is 0 Å². The Labute approximate surface area is 192 Å². The molecular weight excluding hydrogens is 455 g/mol. The number of oxazole rings is 1. The van der Waals surface area contributed by atoms with Crippen LogP contribution >= 0.6 is 0 Å². The van der Waals surface area contributed by atoms with Gasteiger partial charge in [-0.3, -0.25) is 9.59 Å². The number of alkyl halides is 3. The second-order valence-electron chi connectivity index (χ2n) is 7.32. The van der Waals surface area contributed by atoms with Crippen molar-refractivity contribution in [2.45, 2.75) is 32.7 Å². The Morgan fingerprint density at radius 2 is 1.79 bits per heavy atom. The number of nitrogens with zero attached hydrogens (tertiary/aromatic N) is 1. The molecule has 11 heteroatoms. The normalized spacial score (nSPS) is 11.2. The van der Waals surface area contributed by atoms with E-state index in [2.05, 4.69) is 15.0 Å². The number of hydrogen-bond donors (Lipinski definition) is 2. The Balaban J connectivity index is 1.51. The van der Waals surface area contributed by atoms with Crippen LogP contribution in [0.3, 0.4) is 0 Å².